The molecule has 2 aromatic heterocycles. The lowest BCUT2D eigenvalue weighted by Crippen LogP contribution is -2.10. The molecule has 0 aliphatic heterocycles. The average molecular weight is 312 g/mol. The maximum atomic E-state index is 5.67. The molecule has 0 unspecified atom stereocenters. The van der Waals surface area contributed by atoms with Gasteiger partial charge in [-0.05, 0) is 36.7 Å². The minimum absolute atomic E-state index is 0.0570. The number of anilines is 1. The Balaban J connectivity index is 2.41. The van der Waals surface area contributed by atoms with Crippen LogP contribution in [-0.4, -0.2) is 25.9 Å². The van der Waals surface area contributed by atoms with Crippen LogP contribution in [-0.2, 0) is 0 Å². The molecule has 96 valence electrons. The summed E-state index contributed by atoms with van der Waals surface area (Å²) in [4.78, 5) is 8.59. The van der Waals surface area contributed by atoms with E-state index in [1.54, 1.807) is 12.3 Å². The van der Waals surface area contributed by atoms with Gasteiger partial charge in [-0.1, -0.05) is 0 Å². The normalized spacial score (nSPS) is 10.9. The summed E-state index contributed by atoms with van der Waals surface area (Å²) < 4.78 is 7.78. The van der Waals surface area contributed by atoms with Crippen LogP contribution in [0.3, 0.4) is 0 Å². The van der Waals surface area contributed by atoms with Crippen molar-refractivity contribution in [3.8, 4) is 11.8 Å². The van der Waals surface area contributed by atoms with Crippen LogP contribution in [0.4, 0.5) is 5.82 Å². The Labute approximate surface area is 113 Å². The Bertz CT molecular complexity index is 547. The van der Waals surface area contributed by atoms with Crippen LogP contribution in [0.1, 0.15) is 19.5 Å². The molecule has 0 bridgehead atoms. The summed E-state index contributed by atoms with van der Waals surface area (Å²) in [6, 6.07) is 1.78. The van der Waals surface area contributed by atoms with E-state index in [0.717, 1.165) is 5.69 Å². The fourth-order valence-electron chi connectivity index (χ4n) is 1.40. The SMILES string of the molecule is Cc1cc(OC(C)C)nc(-n2cc(Br)c(N)n2)n1. The van der Waals surface area contributed by atoms with Crippen molar-refractivity contribution >= 4 is 21.7 Å². The molecule has 0 aromatic carbocycles. The molecule has 0 radical (unpaired) electrons. The number of ether oxygens (including phenoxy) is 1. The molecule has 0 spiro atoms. The van der Waals surface area contributed by atoms with Gasteiger partial charge in [0.2, 0.25) is 5.88 Å². The van der Waals surface area contributed by atoms with Crippen LogP contribution in [0.15, 0.2) is 16.7 Å². The molecular weight excluding hydrogens is 298 g/mol. The number of hydrogen-bond donors (Lipinski definition) is 1. The zero-order valence-electron chi connectivity index (χ0n) is 10.4. The number of halogens is 1. The molecule has 18 heavy (non-hydrogen) atoms. The lowest BCUT2D eigenvalue weighted by molar-refractivity contribution is 0.231. The molecule has 0 saturated heterocycles. The summed E-state index contributed by atoms with van der Waals surface area (Å²) in [5.41, 5.74) is 6.48. The second kappa shape index (κ2) is 4.93. The van der Waals surface area contributed by atoms with E-state index in [2.05, 4.69) is 31.0 Å². The Morgan fingerprint density at radius 2 is 2.11 bits per heavy atom. The highest BCUT2D eigenvalue weighted by molar-refractivity contribution is 9.10. The molecule has 2 heterocycles. The third kappa shape index (κ3) is 2.79. The summed E-state index contributed by atoms with van der Waals surface area (Å²) in [7, 11) is 0. The van der Waals surface area contributed by atoms with Gasteiger partial charge in [-0.15, -0.1) is 5.10 Å². The average Bonchev–Trinajstić information content (AvgIpc) is 2.57. The summed E-state index contributed by atoms with van der Waals surface area (Å²) >= 11 is 3.30. The topological polar surface area (TPSA) is 78.9 Å². The molecular formula is C11H14BrN5O. The van der Waals surface area contributed by atoms with Crippen LogP contribution in [0.25, 0.3) is 5.95 Å². The predicted octanol–water partition coefficient (Wildman–Crippen LogP) is 2.10. The van der Waals surface area contributed by atoms with Crippen molar-refractivity contribution in [1.29, 1.82) is 0 Å². The van der Waals surface area contributed by atoms with E-state index in [1.807, 2.05) is 20.8 Å². The number of nitrogen functional groups attached to an aromatic ring is 1. The van der Waals surface area contributed by atoms with Crippen LogP contribution in [0.5, 0.6) is 5.88 Å². The zero-order chi connectivity index (χ0) is 13.3. The van der Waals surface area contributed by atoms with Gasteiger partial charge in [0.1, 0.15) is 0 Å². The number of rotatable bonds is 3. The standard InChI is InChI=1S/C11H14BrN5O/c1-6(2)18-9-4-7(3)14-11(15-9)17-5-8(12)10(13)16-17/h4-6H,1-3H3,(H2,13,16). The lowest BCUT2D eigenvalue weighted by atomic mass is 10.4. The monoisotopic (exact) mass is 311 g/mol. The smallest absolute Gasteiger partial charge is 0.254 e. The van der Waals surface area contributed by atoms with Crippen LogP contribution in [0.2, 0.25) is 0 Å². The zero-order valence-corrected chi connectivity index (χ0v) is 12.0. The molecule has 2 rings (SSSR count). The van der Waals surface area contributed by atoms with Gasteiger partial charge in [0, 0.05) is 11.8 Å². The second-order valence-corrected chi connectivity index (χ2v) is 4.98. The molecule has 0 atom stereocenters. The molecule has 6 nitrogen and oxygen atoms in total. The van der Waals surface area contributed by atoms with E-state index in [9.17, 15) is 0 Å². The van der Waals surface area contributed by atoms with E-state index in [4.69, 9.17) is 10.5 Å². The third-order valence-corrected chi connectivity index (χ3v) is 2.69. The summed E-state index contributed by atoms with van der Waals surface area (Å²) in [6.07, 6.45) is 1.77. The third-order valence-electron chi connectivity index (χ3n) is 2.08. The van der Waals surface area contributed by atoms with Crippen molar-refractivity contribution in [2.24, 2.45) is 0 Å². The number of aryl methyl sites for hydroxylation is 1. The van der Waals surface area contributed by atoms with Crippen molar-refractivity contribution in [3.05, 3.63) is 22.4 Å². The predicted molar refractivity (Wildman–Crippen MR) is 71.8 cm³/mol. The molecule has 0 fully saturated rings. The van der Waals surface area contributed by atoms with Crippen molar-refractivity contribution in [2.45, 2.75) is 26.9 Å². The van der Waals surface area contributed by atoms with E-state index in [0.29, 0.717) is 22.1 Å². The first-order chi connectivity index (χ1) is 8.45. The minimum atomic E-state index is 0.0570. The fraction of sp³-hybridized carbons (Fsp3) is 0.364. The van der Waals surface area contributed by atoms with E-state index < -0.39 is 0 Å². The molecule has 2 N–H and O–H groups in total. The van der Waals surface area contributed by atoms with Crippen LogP contribution >= 0.6 is 15.9 Å². The molecule has 0 amide bonds. The first-order valence-electron chi connectivity index (χ1n) is 5.49. The molecule has 7 heteroatoms. The van der Waals surface area contributed by atoms with Crippen LogP contribution in [0, 0.1) is 6.92 Å². The van der Waals surface area contributed by atoms with Gasteiger partial charge in [-0.3, -0.25) is 0 Å². The van der Waals surface area contributed by atoms with Gasteiger partial charge in [-0.25, -0.2) is 9.67 Å². The number of hydrogen-bond acceptors (Lipinski definition) is 5. The largest absolute Gasteiger partial charge is 0.475 e. The van der Waals surface area contributed by atoms with E-state index >= 15 is 0 Å². The summed E-state index contributed by atoms with van der Waals surface area (Å²) in [6.45, 7) is 5.76. The highest BCUT2D eigenvalue weighted by Gasteiger charge is 2.10. The Hall–Kier alpha value is -1.63. The van der Waals surface area contributed by atoms with Crippen molar-refractivity contribution in [3.63, 3.8) is 0 Å². The molecule has 2 aromatic rings. The fourth-order valence-corrected chi connectivity index (χ4v) is 1.67. The van der Waals surface area contributed by atoms with E-state index in [-0.39, 0.29) is 6.10 Å². The lowest BCUT2D eigenvalue weighted by Gasteiger charge is -2.10. The van der Waals surface area contributed by atoms with E-state index in [1.165, 1.54) is 4.68 Å². The highest BCUT2D eigenvalue weighted by Crippen LogP contribution is 2.19. The van der Waals surface area contributed by atoms with Gasteiger partial charge in [-0.2, -0.15) is 4.98 Å². The number of aromatic nitrogens is 4. The molecule has 0 saturated carbocycles. The van der Waals surface area contributed by atoms with Gasteiger partial charge >= 0.3 is 0 Å². The molecule has 0 aliphatic rings. The van der Waals surface area contributed by atoms with Gasteiger partial charge < -0.3 is 10.5 Å². The number of nitrogens with two attached hydrogens (primary N) is 1. The Kier molecular flexibility index (Phi) is 3.51. The van der Waals surface area contributed by atoms with Crippen molar-refractivity contribution < 1.29 is 4.74 Å². The summed E-state index contributed by atoms with van der Waals surface area (Å²) in [5, 5.41) is 4.11. The van der Waals surface area contributed by atoms with Crippen molar-refractivity contribution in [1.82, 2.24) is 19.7 Å². The second-order valence-electron chi connectivity index (χ2n) is 4.12. The quantitative estimate of drug-likeness (QED) is 0.939. The van der Waals surface area contributed by atoms with Gasteiger partial charge in [0.25, 0.3) is 5.95 Å². The minimum Gasteiger partial charge on any atom is -0.475 e. The highest BCUT2D eigenvalue weighted by atomic mass is 79.9. The van der Waals surface area contributed by atoms with Gasteiger partial charge in [0.05, 0.1) is 16.8 Å². The Morgan fingerprint density at radius 1 is 1.39 bits per heavy atom. The first kappa shape index (κ1) is 12.8. The Morgan fingerprint density at radius 3 is 2.67 bits per heavy atom. The summed E-state index contributed by atoms with van der Waals surface area (Å²) in [5.74, 6) is 1.35. The number of nitrogens with zero attached hydrogens (tertiary/aromatic N) is 4. The maximum Gasteiger partial charge on any atom is 0.254 e. The first-order valence-corrected chi connectivity index (χ1v) is 6.28. The maximum absolute atomic E-state index is 5.67. The molecule has 0 aliphatic carbocycles. The van der Waals surface area contributed by atoms with Crippen molar-refractivity contribution in [2.75, 3.05) is 5.73 Å². The van der Waals surface area contributed by atoms with Gasteiger partial charge in [0.15, 0.2) is 5.82 Å². The van der Waals surface area contributed by atoms with Crippen LogP contribution < -0.4 is 10.5 Å².